The molecule has 0 aromatic heterocycles. The quantitative estimate of drug-likeness (QED) is 0.787. The third kappa shape index (κ3) is 3.83. The molecule has 3 unspecified atom stereocenters. The van der Waals surface area contributed by atoms with Crippen LogP contribution in [0, 0.1) is 11.8 Å². The number of carbonyl (C=O) groups excluding carboxylic acids is 1. The number of likely N-dealkylation sites (tertiary alicyclic amines) is 1. The van der Waals surface area contributed by atoms with Gasteiger partial charge in [-0.1, -0.05) is 0 Å². The molecular weight excluding hydrogens is 246 g/mol. The van der Waals surface area contributed by atoms with Gasteiger partial charge in [0.05, 0.1) is 6.10 Å². The molecule has 0 saturated carbocycles. The maximum Gasteiger partial charge on any atom is 0.410 e. The first-order chi connectivity index (χ1) is 8.87. The first kappa shape index (κ1) is 14.6. The Morgan fingerprint density at radius 2 is 2.11 bits per heavy atom. The second-order valence-electron chi connectivity index (χ2n) is 6.57. The Morgan fingerprint density at radius 1 is 1.37 bits per heavy atom. The predicted molar refractivity (Wildman–Crippen MR) is 70.8 cm³/mol. The van der Waals surface area contributed by atoms with Crippen LogP contribution in [0.1, 0.15) is 33.6 Å². The second kappa shape index (κ2) is 5.67. The summed E-state index contributed by atoms with van der Waals surface area (Å²) in [5.41, 5.74) is -0.473. The van der Waals surface area contributed by atoms with Gasteiger partial charge in [0.2, 0.25) is 0 Å². The lowest BCUT2D eigenvalue weighted by Crippen LogP contribution is -2.49. The Labute approximate surface area is 114 Å². The van der Waals surface area contributed by atoms with Crippen LogP contribution in [0.15, 0.2) is 0 Å². The topological polar surface area (TPSA) is 59.0 Å². The molecule has 1 N–H and O–H groups in total. The van der Waals surface area contributed by atoms with Gasteiger partial charge >= 0.3 is 6.09 Å². The highest BCUT2D eigenvalue weighted by molar-refractivity contribution is 5.68. The molecule has 110 valence electrons. The summed E-state index contributed by atoms with van der Waals surface area (Å²) in [6.45, 7) is 8.21. The number of hydrogen-bond donors (Lipinski definition) is 1. The van der Waals surface area contributed by atoms with E-state index in [9.17, 15) is 9.90 Å². The molecule has 2 saturated heterocycles. The first-order valence-electron chi connectivity index (χ1n) is 7.10. The number of piperidine rings is 1. The molecule has 3 atom stereocenters. The molecule has 0 spiro atoms. The van der Waals surface area contributed by atoms with E-state index in [2.05, 4.69) is 0 Å². The molecule has 2 aliphatic rings. The minimum atomic E-state index is -0.473. The fourth-order valence-electron chi connectivity index (χ4n) is 2.82. The summed E-state index contributed by atoms with van der Waals surface area (Å²) in [5.74, 6) is 0.476. The van der Waals surface area contributed by atoms with Gasteiger partial charge in [0, 0.05) is 32.2 Å². The number of ether oxygens (including phenoxy) is 2. The molecule has 0 bridgehead atoms. The Balaban J connectivity index is 1.94. The molecule has 0 aromatic carbocycles. The zero-order valence-corrected chi connectivity index (χ0v) is 12.1. The van der Waals surface area contributed by atoms with Gasteiger partial charge in [0.1, 0.15) is 5.60 Å². The summed E-state index contributed by atoms with van der Waals surface area (Å²) in [4.78, 5) is 13.8. The highest BCUT2D eigenvalue weighted by atomic mass is 16.6. The number of hydrogen-bond acceptors (Lipinski definition) is 4. The molecular formula is C14H25NO4. The largest absolute Gasteiger partial charge is 0.444 e. The average Bonchev–Trinajstić information content (AvgIpc) is 2.80. The van der Waals surface area contributed by atoms with Gasteiger partial charge in [0.15, 0.2) is 0 Å². The van der Waals surface area contributed by atoms with Crippen LogP contribution in [0.2, 0.25) is 0 Å². The normalized spacial score (nSPS) is 32.4. The molecule has 2 fully saturated rings. The molecule has 1 amide bonds. The van der Waals surface area contributed by atoms with E-state index >= 15 is 0 Å². The summed E-state index contributed by atoms with van der Waals surface area (Å²) >= 11 is 0. The standard InChI is InChI=1S/C14H25NO4/c1-14(2,3)19-13(17)15-6-4-12(16)11(8-15)10-5-7-18-9-10/h10-12,16H,4-9H2,1-3H3. The average molecular weight is 271 g/mol. The van der Waals surface area contributed by atoms with Gasteiger partial charge in [-0.3, -0.25) is 0 Å². The fraction of sp³-hybridized carbons (Fsp3) is 0.929. The van der Waals surface area contributed by atoms with Gasteiger partial charge in [-0.05, 0) is 39.5 Å². The molecule has 0 radical (unpaired) electrons. The molecule has 2 heterocycles. The Kier molecular flexibility index (Phi) is 4.36. The Bertz CT molecular complexity index is 320. The van der Waals surface area contributed by atoms with Crippen molar-refractivity contribution in [2.24, 2.45) is 11.8 Å². The van der Waals surface area contributed by atoms with Gasteiger partial charge in [-0.15, -0.1) is 0 Å². The van der Waals surface area contributed by atoms with Crippen molar-refractivity contribution in [1.29, 1.82) is 0 Å². The summed E-state index contributed by atoms with van der Waals surface area (Å²) in [6, 6.07) is 0. The minimum Gasteiger partial charge on any atom is -0.444 e. The van der Waals surface area contributed by atoms with Crippen molar-refractivity contribution in [1.82, 2.24) is 4.90 Å². The number of carbonyl (C=O) groups is 1. The number of aliphatic hydroxyl groups is 1. The van der Waals surface area contributed by atoms with Crippen molar-refractivity contribution < 1.29 is 19.4 Å². The molecule has 19 heavy (non-hydrogen) atoms. The first-order valence-corrected chi connectivity index (χ1v) is 7.10. The van der Waals surface area contributed by atoms with Gasteiger partial charge in [0.25, 0.3) is 0 Å². The predicted octanol–water partition coefficient (Wildman–Crippen LogP) is 1.64. The van der Waals surface area contributed by atoms with Crippen LogP contribution in [0.25, 0.3) is 0 Å². The zero-order valence-electron chi connectivity index (χ0n) is 12.1. The molecule has 2 rings (SSSR count). The van der Waals surface area contributed by atoms with Crippen molar-refractivity contribution in [2.75, 3.05) is 26.3 Å². The Morgan fingerprint density at radius 3 is 2.68 bits per heavy atom. The number of aliphatic hydroxyl groups excluding tert-OH is 1. The SMILES string of the molecule is CC(C)(C)OC(=O)N1CCC(O)C(C2CCOC2)C1. The smallest absolute Gasteiger partial charge is 0.410 e. The van der Waals surface area contributed by atoms with E-state index in [0.717, 1.165) is 13.0 Å². The van der Waals surface area contributed by atoms with E-state index in [0.29, 0.717) is 32.0 Å². The van der Waals surface area contributed by atoms with Crippen LogP contribution >= 0.6 is 0 Å². The van der Waals surface area contributed by atoms with Crippen molar-refractivity contribution in [2.45, 2.75) is 45.3 Å². The van der Waals surface area contributed by atoms with Crippen molar-refractivity contribution in [3.8, 4) is 0 Å². The lowest BCUT2D eigenvalue weighted by Gasteiger charge is -2.39. The van der Waals surface area contributed by atoms with Crippen molar-refractivity contribution in [3.05, 3.63) is 0 Å². The third-order valence-electron chi connectivity index (χ3n) is 3.84. The molecule has 0 aliphatic carbocycles. The minimum absolute atomic E-state index is 0.115. The molecule has 0 aromatic rings. The van der Waals surface area contributed by atoms with Crippen LogP contribution < -0.4 is 0 Å². The molecule has 2 aliphatic heterocycles. The maximum absolute atomic E-state index is 12.1. The number of rotatable bonds is 1. The molecule has 5 nitrogen and oxygen atoms in total. The summed E-state index contributed by atoms with van der Waals surface area (Å²) in [7, 11) is 0. The van der Waals surface area contributed by atoms with E-state index in [4.69, 9.17) is 9.47 Å². The third-order valence-corrected chi connectivity index (χ3v) is 3.84. The van der Waals surface area contributed by atoms with E-state index in [1.807, 2.05) is 20.8 Å². The van der Waals surface area contributed by atoms with Gasteiger partial charge in [-0.25, -0.2) is 4.79 Å². The highest BCUT2D eigenvalue weighted by Gasteiger charge is 2.38. The number of amides is 1. The summed E-state index contributed by atoms with van der Waals surface area (Å²) in [5, 5.41) is 10.1. The lowest BCUT2D eigenvalue weighted by molar-refractivity contribution is -0.0232. The Hall–Kier alpha value is -0.810. The lowest BCUT2D eigenvalue weighted by atomic mass is 9.83. The van der Waals surface area contributed by atoms with Gasteiger partial charge < -0.3 is 19.5 Å². The maximum atomic E-state index is 12.1. The zero-order chi connectivity index (χ0) is 14.0. The van der Waals surface area contributed by atoms with Crippen LogP contribution in [-0.2, 0) is 9.47 Å². The molecule has 5 heteroatoms. The van der Waals surface area contributed by atoms with Crippen LogP contribution in [0.3, 0.4) is 0 Å². The van der Waals surface area contributed by atoms with E-state index in [1.165, 1.54) is 0 Å². The highest BCUT2D eigenvalue weighted by Crippen LogP contribution is 2.30. The monoisotopic (exact) mass is 271 g/mol. The number of nitrogens with zero attached hydrogens (tertiary/aromatic N) is 1. The second-order valence-corrected chi connectivity index (χ2v) is 6.57. The van der Waals surface area contributed by atoms with E-state index < -0.39 is 5.60 Å². The van der Waals surface area contributed by atoms with Crippen LogP contribution in [0.4, 0.5) is 4.79 Å². The van der Waals surface area contributed by atoms with Crippen molar-refractivity contribution in [3.63, 3.8) is 0 Å². The fourth-order valence-corrected chi connectivity index (χ4v) is 2.82. The summed E-state index contributed by atoms with van der Waals surface area (Å²) < 4.78 is 10.8. The van der Waals surface area contributed by atoms with Crippen LogP contribution in [0.5, 0.6) is 0 Å². The van der Waals surface area contributed by atoms with Crippen molar-refractivity contribution >= 4 is 6.09 Å². The van der Waals surface area contributed by atoms with Crippen LogP contribution in [-0.4, -0.2) is 54.1 Å². The summed E-state index contributed by atoms with van der Waals surface area (Å²) in [6.07, 6.45) is 0.998. The van der Waals surface area contributed by atoms with E-state index in [1.54, 1.807) is 4.90 Å². The van der Waals surface area contributed by atoms with E-state index in [-0.39, 0.29) is 18.1 Å². The van der Waals surface area contributed by atoms with Gasteiger partial charge in [-0.2, -0.15) is 0 Å².